The number of nitrogens with zero attached hydrogens (tertiary/aromatic N) is 1. The molecule has 0 spiro atoms. The van der Waals surface area contributed by atoms with E-state index in [9.17, 15) is 19.8 Å². The number of benzene rings is 1. The first-order chi connectivity index (χ1) is 19.2. The van der Waals surface area contributed by atoms with Crippen molar-refractivity contribution in [2.75, 3.05) is 6.61 Å². The minimum absolute atomic E-state index is 0.0868. The summed E-state index contributed by atoms with van der Waals surface area (Å²) < 4.78 is 0. The van der Waals surface area contributed by atoms with E-state index < -0.39 is 17.9 Å². The highest BCUT2D eigenvalue weighted by molar-refractivity contribution is 5.96. The Morgan fingerprint density at radius 2 is 1.95 bits per heavy atom. The van der Waals surface area contributed by atoms with E-state index in [0.29, 0.717) is 17.8 Å². The standard InChI is InChI=1S/C32H41N3O5/c1-31-13-11-21(16-20(31)7-8-23-24-9-10-28(36)32(24,2)14-12-25(23)31)35-40-18-29(37)34-27(30(38)39)15-19-17-33-26-6-4-3-5-22(19)26/h3-6,16-17,23-25,27-28,33,36H,7-15,18H2,1-2H3,(H,34,37)(H,38,39)/b35-21+/t23-,24-,25-,27-,28?,31-,32-/m0/s1. The van der Waals surface area contributed by atoms with Crippen molar-refractivity contribution in [3.05, 3.63) is 47.7 Å². The number of hydrogen-bond acceptors (Lipinski definition) is 5. The molecule has 4 aliphatic carbocycles. The van der Waals surface area contributed by atoms with Gasteiger partial charge in [0.05, 0.1) is 11.8 Å². The molecule has 0 saturated heterocycles. The summed E-state index contributed by atoms with van der Waals surface area (Å²) in [4.78, 5) is 33.0. The first-order valence-electron chi connectivity index (χ1n) is 14.8. The lowest BCUT2D eigenvalue weighted by molar-refractivity contribution is -0.142. The summed E-state index contributed by atoms with van der Waals surface area (Å²) in [5.41, 5.74) is 4.30. The number of carboxylic acids is 1. The monoisotopic (exact) mass is 547 g/mol. The SMILES string of the molecule is C[C@]12CC/C(=N\OCC(=O)N[C@@H](Cc3c[nH]c4ccccc34)C(=O)O)C=C1CC[C@@H]1[C@@H]2CC[C@]2(C)C(O)CC[C@@H]12. The number of allylic oxidation sites excluding steroid dienone is 2. The zero-order chi connectivity index (χ0) is 28.1. The number of rotatable bonds is 7. The first-order valence-corrected chi connectivity index (χ1v) is 14.8. The largest absolute Gasteiger partial charge is 0.480 e. The summed E-state index contributed by atoms with van der Waals surface area (Å²) in [7, 11) is 0. The highest BCUT2D eigenvalue weighted by atomic mass is 16.6. The Bertz CT molecular complexity index is 1360. The van der Waals surface area contributed by atoms with E-state index in [1.54, 1.807) is 6.20 Å². The van der Waals surface area contributed by atoms with Gasteiger partial charge < -0.3 is 25.4 Å². The number of aliphatic hydroxyl groups is 1. The van der Waals surface area contributed by atoms with Gasteiger partial charge in [-0.25, -0.2) is 4.79 Å². The minimum Gasteiger partial charge on any atom is -0.480 e. The minimum atomic E-state index is -1.09. The number of para-hydroxylation sites is 1. The maximum Gasteiger partial charge on any atom is 0.326 e. The lowest BCUT2D eigenvalue weighted by Gasteiger charge is -2.57. The number of H-pyrrole nitrogens is 1. The molecule has 3 fully saturated rings. The zero-order valence-electron chi connectivity index (χ0n) is 23.5. The van der Waals surface area contributed by atoms with Crippen molar-refractivity contribution in [1.82, 2.24) is 10.3 Å². The van der Waals surface area contributed by atoms with Crippen LogP contribution in [0.15, 0.2) is 47.3 Å². The van der Waals surface area contributed by atoms with E-state index in [1.807, 2.05) is 24.3 Å². The molecule has 40 heavy (non-hydrogen) atoms. The molecule has 1 unspecified atom stereocenters. The van der Waals surface area contributed by atoms with Crippen molar-refractivity contribution in [2.24, 2.45) is 33.7 Å². The third-order valence-corrected chi connectivity index (χ3v) is 11.0. The Labute approximate surface area is 235 Å². The van der Waals surface area contributed by atoms with Crippen LogP contribution >= 0.6 is 0 Å². The number of carboxylic acid groups (broad SMARTS) is 1. The van der Waals surface area contributed by atoms with Crippen molar-refractivity contribution in [3.8, 4) is 0 Å². The Hall–Kier alpha value is -3.13. The molecule has 0 bridgehead atoms. The number of aliphatic carboxylic acids is 1. The number of aromatic amines is 1. The number of fused-ring (bicyclic) bond motifs is 6. The van der Waals surface area contributed by atoms with Crippen molar-refractivity contribution in [1.29, 1.82) is 0 Å². The fourth-order valence-electron chi connectivity index (χ4n) is 8.75. The third-order valence-electron chi connectivity index (χ3n) is 11.0. The predicted octanol–water partition coefficient (Wildman–Crippen LogP) is 4.98. The van der Waals surface area contributed by atoms with Gasteiger partial charge in [0, 0.05) is 23.5 Å². The molecule has 4 aliphatic rings. The van der Waals surface area contributed by atoms with E-state index in [2.05, 4.69) is 35.4 Å². The summed E-state index contributed by atoms with van der Waals surface area (Å²) in [6.45, 7) is 4.42. The molecule has 1 aromatic heterocycles. The fraction of sp³-hybridized carbons (Fsp3) is 0.594. The van der Waals surface area contributed by atoms with Crippen LogP contribution in [0, 0.1) is 28.6 Å². The van der Waals surface area contributed by atoms with E-state index >= 15 is 0 Å². The molecule has 1 heterocycles. The van der Waals surface area contributed by atoms with Crippen molar-refractivity contribution in [3.63, 3.8) is 0 Å². The van der Waals surface area contributed by atoms with Gasteiger partial charge in [-0.15, -0.1) is 0 Å². The average Bonchev–Trinajstić information content (AvgIpc) is 3.48. The van der Waals surface area contributed by atoms with Gasteiger partial charge in [-0.3, -0.25) is 4.79 Å². The molecular weight excluding hydrogens is 506 g/mol. The molecule has 0 radical (unpaired) electrons. The molecule has 4 N–H and O–H groups in total. The van der Waals surface area contributed by atoms with E-state index in [-0.39, 0.29) is 30.0 Å². The summed E-state index contributed by atoms with van der Waals surface area (Å²) >= 11 is 0. The molecule has 1 amide bonds. The van der Waals surface area contributed by atoms with Crippen molar-refractivity contribution in [2.45, 2.75) is 83.8 Å². The molecule has 0 aliphatic heterocycles. The lowest BCUT2D eigenvalue weighted by atomic mass is 9.47. The van der Waals surface area contributed by atoms with Crippen molar-refractivity contribution < 1.29 is 24.6 Å². The Balaban J connectivity index is 1.06. The molecule has 2 aromatic rings. The van der Waals surface area contributed by atoms with E-state index in [4.69, 9.17) is 4.84 Å². The van der Waals surface area contributed by atoms with Gasteiger partial charge in [0.1, 0.15) is 6.04 Å². The zero-order valence-corrected chi connectivity index (χ0v) is 23.5. The van der Waals surface area contributed by atoms with Gasteiger partial charge >= 0.3 is 5.97 Å². The van der Waals surface area contributed by atoms with Crippen LogP contribution in [0.3, 0.4) is 0 Å². The Morgan fingerprint density at radius 1 is 1.12 bits per heavy atom. The van der Waals surface area contributed by atoms with Crippen LogP contribution in [0.5, 0.6) is 0 Å². The van der Waals surface area contributed by atoms with E-state index in [0.717, 1.165) is 60.7 Å². The highest BCUT2D eigenvalue weighted by Gasteiger charge is 2.58. The van der Waals surface area contributed by atoms with Crippen LogP contribution in [0.2, 0.25) is 0 Å². The van der Waals surface area contributed by atoms with Crippen LogP contribution in [0.25, 0.3) is 10.9 Å². The second kappa shape index (κ2) is 10.4. The molecule has 8 heteroatoms. The maximum absolute atomic E-state index is 12.6. The number of oxime groups is 1. The summed E-state index contributed by atoms with van der Waals surface area (Å²) in [5.74, 6) is 0.362. The van der Waals surface area contributed by atoms with Gasteiger partial charge in [0.15, 0.2) is 6.61 Å². The fourth-order valence-corrected chi connectivity index (χ4v) is 8.75. The molecule has 1 aromatic carbocycles. The molecular formula is C32H41N3O5. The first kappa shape index (κ1) is 27.1. The second-order valence-corrected chi connectivity index (χ2v) is 13.0. The number of aromatic nitrogens is 1. The van der Waals surface area contributed by atoms with Crippen molar-refractivity contribution >= 4 is 28.5 Å². The number of nitrogens with one attached hydrogen (secondary N) is 2. The molecule has 6 rings (SSSR count). The lowest BCUT2D eigenvalue weighted by Crippen LogP contribution is -2.51. The summed E-state index contributed by atoms with van der Waals surface area (Å²) in [5, 5.41) is 28.2. The van der Waals surface area contributed by atoms with Gasteiger partial charge in [0.25, 0.3) is 5.91 Å². The van der Waals surface area contributed by atoms with Gasteiger partial charge in [-0.1, -0.05) is 42.8 Å². The summed E-state index contributed by atoms with van der Waals surface area (Å²) in [6.07, 6.45) is 12.4. The number of amides is 1. The Morgan fingerprint density at radius 3 is 2.77 bits per heavy atom. The number of hydrogen-bond donors (Lipinski definition) is 4. The van der Waals surface area contributed by atoms with Gasteiger partial charge in [-0.05, 0) is 97.7 Å². The van der Waals surface area contributed by atoms with Crippen LogP contribution in [-0.4, -0.2) is 51.5 Å². The number of carbonyl (C=O) groups is 2. The quantitative estimate of drug-likeness (QED) is 0.364. The Kier molecular flexibility index (Phi) is 7.01. The molecule has 7 atom stereocenters. The van der Waals surface area contributed by atoms with Gasteiger partial charge in [-0.2, -0.15) is 0 Å². The summed E-state index contributed by atoms with van der Waals surface area (Å²) in [6, 6.07) is 6.62. The highest BCUT2D eigenvalue weighted by Crippen LogP contribution is 2.65. The molecule has 3 saturated carbocycles. The normalized spacial score (nSPS) is 34.9. The maximum atomic E-state index is 12.6. The molecule has 214 valence electrons. The van der Waals surface area contributed by atoms with Crippen LogP contribution in [0.4, 0.5) is 0 Å². The van der Waals surface area contributed by atoms with Gasteiger partial charge in [0.2, 0.25) is 0 Å². The van der Waals surface area contributed by atoms with Crippen LogP contribution < -0.4 is 5.32 Å². The average molecular weight is 548 g/mol. The molecule has 8 nitrogen and oxygen atoms in total. The van der Waals surface area contributed by atoms with Crippen LogP contribution in [0.1, 0.15) is 70.8 Å². The smallest absolute Gasteiger partial charge is 0.326 e. The predicted molar refractivity (Wildman–Crippen MR) is 153 cm³/mol. The van der Waals surface area contributed by atoms with E-state index in [1.165, 1.54) is 18.4 Å². The van der Waals surface area contributed by atoms with Crippen LogP contribution in [-0.2, 0) is 20.8 Å². The number of aliphatic hydroxyl groups excluding tert-OH is 1. The third kappa shape index (κ3) is 4.64. The topological polar surface area (TPSA) is 124 Å². The second-order valence-electron chi connectivity index (χ2n) is 13.0. The number of carbonyl (C=O) groups excluding carboxylic acids is 1.